The number of anilines is 2. The van der Waals surface area contributed by atoms with Gasteiger partial charge in [0.25, 0.3) is 0 Å². The zero-order valence-corrected chi connectivity index (χ0v) is 13.1. The smallest absolute Gasteiger partial charge is 0.148 e. The topological polar surface area (TPSA) is 53.4 Å². The van der Waals surface area contributed by atoms with Gasteiger partial charge in [-0.05, 0) is 31.5 Å². The highest BCUT2D eigenvalue weighted by molar-refractivity contribution is 6.35. The van der Waals surface area contributed by atoms with Crippen LogP contribution in [0.4, 0.5) is 17.2 Å². The summed E-state index contributed by atoms with van der Waals surface area (Å²) in [4.78, 5) is 14.6. The number of hydrogen-bond acceptors (Lipinski definition) is 4. The third-order valence-electron chi connectivity index (χ3n) is 2.92. The Bertz CT molecular complexity index is 627. The Hall–Kier alpha value is -2.14. The van der Waals surface area contributed by atoms with Crippen LogP contribution in [-0.4, -0.2) is 34.8 Å². The van der Waals surface area contributed by atoms with Crippen LogP contribution >= 0.6 is 11.6 Å². The fourth-order valence-electron chi connectivity index (χ4n) is 1.68. The van der Waals surface area contributed by atoms with Crippen LogP contribution < -0.4 is 5.32 Å². The number of aryl methyl sites for hydroxylation is 1. The number of nitrogens with zero attached hydrogens (tertiary/aromatic N) is 4. The lowest BCUT2D eigenvalue weighted by Crippen LogP contribution is -2.14. The molecule has 0 spiro atoms. The molecule has 0 atom stereocenters. The molecule has 21 heavy (non-hydrogen) atoms. The average Bonchev–Trinajstić information content (AvgIpc) is 2.49. The lowest BCUT2D eigenvalue weighted by molar-refractivity contribution is 0.552. The molecule has 0 saturated heterocycles. The molecule has 0 amide bonds. The largest absolute Gasteiger partial charge is 0.366 e. The molecule has 0 aliphatic heterocycles. The van der Waals surface area contributed by atoms with Gasteiger partial charge in [-0.15, -0.1) is 0 Å². The van der Waals surface area contributed by atoms with Gasteiger partial charge in [-0.2, -0.15) is 0 Å². The molecule has 1 aromatic carbocycles. The van der Waals surface area contributed by atoms with E-state index in [1.54, 1.807) is 24.9 Å². The molecule has 0 unspecified atom stereocenters. The summed E-state index contributed by atoms with van der Waals surface area (Å²) in [6.45, 7) is 4.95. The zero-order valence-electron chi connectivity index (χ0n) is 12.3. The number of aromatic nitrogens is 2. The minimum Gasteiger partial charge on any atom is -0.366 e. The van der Waals surface area contributed by atoms with Crippen molar-refractivity contribution in [2.75, 3.05) is 18.9 Å². The maximum atomic E-state index is 6.41. The third kappa shape index (κ3) is 4.16. The van der Waals surface area contributed by atoms with Crippen LogP contribution in [0, 0.1) is 6.92 Å². The number of nitrogens with one attached hydrogen (secondary N) is 1. The normalized spacial score (nSPS) is 10.9. The van der Waals surface area contributed by atoms with E-state index in [0.717, 1.165) is 23.5 Å². The molecular formula is C15H18ClN5. The summed E-state index contributed by atoms with van der Waals surface area (Å²) < 4.78 is 0. The van der Waals surface area contributed by atoms with Gasteiger partial charge in [-0.25, -0.2) is 9.98 Å². The minimum atomic E-state index is 0.562. The second-order valence-electron chi connectivity index (χ2n) is 4.68. The van der Waals surface area contributed by atoms with E-state index in [4.69, 9.17) is 11.6 Å². The Morgan fingerprint density at radius 2 is 2.19 bits per heavy atom. The summed E-state index contributed by atoms with van der Waals surface area (Å²) in [6, 6.07) is 3.91. The molecule has 6 heteroatoms. The molecular weight excluding hydrogens is 286 g/mol. The Morgan fingerprint density at radius 3 is 2.86 bits per heavy atom. The lowest BCUT2D eigenvalue weighted by Gasteiger charge is -2.12. The van der Waals surface area contributed by atoms with Crippen molar-refractivity contribution < 1.29 is 0 Å². The van der Waals surface area contributed by atoms with Crippen molar-refractivity contribution >= 4 is 35.1 Å². The molecule has 2 aromatic rings. The second kappa shape index (κ2) is 7.04. The molecule has 0 radical (unpaired) electrons. The van der Waals surface area contributed by atoms with Gasteiger partial charge < -0.3 is 10.2 Å². The van der Waals surface area contributed by atoms with Crippen molar-refractivity contribution in [2.45, 2.75) is 13.8 Å². The van der Waals surface area contributed by atoms with Crippen molar-refractivity contribution in [1.82, 2.24) is 14.9 Å². The number of hydrogen-bond donors (Lipinski definition) is 1. The van der Waals surface area contributed by atoms with E-state index in [0.29, 0.717) is 10.8 Å². The molecule has 5 nitrogen and oxygen atoms in total. The predicted octanol–water partition coefficient (Wildman–Crippen LogP) is 3.79. The highest BCUT2D eigenvalue weighted by atomic mass is 35.5. The van der Waals surface area contributed by atoms with E-state index in [2.05, 4.69) is 27.2 Å². The van der Waals surface area contributed by atoms with Crippen molar-refractivity contribution in [3.63, 3.8) is 0 Å². The number of halogens is 1. The molecule has 0 bridgehead atoms. The van der Waals surface area contributed by atoms with E-state index < -0.39 is 0 Å². The van der Waals surface area contributed by atoms with E-state index >= 15 is 0 Å². The van der Waals surface area contributed by atoms with E-state index in [1.165, 1.54) is 0 Å². The number of rotatable bonds is 5. The maximum Gasteiger partial charge on any atom is 0.148 e. The van der Waals surface area contributed by atoms with Gasteiger partial charge in [0.15, 0.2) is 0 Å². The summed E-state index contributed by atoms with van der Waals surface area (Å²) in [7, 11) is 1.96. The first-order valence-electron chi connectivity index (χ1n) is 6.67. The van der Waals surface area contributed by atoms with E-state index in [9.17, 15) is 0 Å². The molecule has 2 rings (SSSR count). The van der Waals surface area contributed by atoms with Crippen LogP contribution in [0.15, 0.2) is 35.7 Å². The van der Waals surface area contributed by atoms with Crippen molar-refractivity contribution in [3.05, 3.63) is 41.3 Å². The Labute approximate surface area is 129 Å². The summed E-state index contributed by atoms with van der Waals surface area (Å²) in [5.41, 5.74) is 2.56. The quantitative estimate of drug-likeness (QED) is 0.674. The highest BCUT2D eigenvalue weighted by Gasteiger charge is 2.08. The minimum absolute atomic E-state index is 0.562. The van der Waals surface area contributed by atoms with Crippen LogP contribution in [-0.2, 0) is 0 Å². The van der Waals surface area contributed by atoms with Gasteiger partial charge in [0.2, 0.25) is 0 Å². The molecule has 110 valence electrons. The summed E-state index contributed by atoms with van der Waals surface area (Å²) >= 11 is 6.41. The summed E-state index contributed by atoms with van der Waals surface area (Å²) in [6.07, 6.45) is 6.67. The Kier molecular flexibility index (Phi) is 5.11. The fourth-order valence-corrected chi connectivity index (χ4v) is 1.88. The number of benzene rings is 1. The highest BCUT2D eigenvalue weighted by Crippen LogP contribution is 2.35. The SMILES string of the molecule is CCN(C)/C=N\c1cc(C)cc(Nc2cnccn2)c1Cl. The fraction of sp³-hybridized carbons (Fsp3) is 0.267. The first-order chi connectivity index (χ1) is 10.1. The van der Waals surface area contributed by atoms with Crippen LogP contribution in [0.25, 0.3) is 0 Å². The Balaban J connectivity index is 2.30. The van der Waals surface area contributed by atoms with Gasteiger partial charge in [-0.1, -0.05) is 11.6 Å². The van der Waals surface area contributed by atoms with Crippen molar-refractivity contribution in [3.8, 4) is 0 Å². The lowest BCUT2D eigenvalue weighted by atomic mass is 10.2. The third-order valence-corrected chi connectivity index (χ3v) is 3.31. The molecule has 0 aliphatic rings. The molecule has 1 heterocycles. The van der Waals surface area contributed by atoms with Crippen LogP contribution in [0.5, 0.6) is 0 Å². The summed E-state index contributed by atoms with van der Waals surface area (Å²) in [5, 5.41) is 3.72. The molecule has 1 aromatic heterocycles. The first kappa shape index (κ1) is 15.3. The van der Waals surface area contributed by atoms with Gasteiger partial charge in [0.1, 0.15) is 5.82 Å². The number of aliphatic imine (C=N–C) groups is 1. The van der Waals surface area contributed by atoms with Gasteiger partial charge in [0, 0.05) is 26.0 Å². The first-order valence-corrected chi connectivity index (χ1v) is 7.05. The van der Waals surface area contributed by atoms with Crippen LogP contribution in [0.2, 0.25) is 5.02 Å². The molecule has 0 fully saturated rings. The predicted molar refractivity (Wildman–Crippen MR) is 88.0 cm³/mol. The van der Waals surface area contributed by atoms with E-state index in [-0.39, 0.29) is 0 Å². The van der Waals surface area contributed by atoms with Crippen molar-refractivity contribution in [2.24, 2.45) is 4.99 Å². The van der Waals surface area contributed by atoms with Crippen molar-refractivity contribution in [1.29, 1.82) is 0 Å². The van der Waals surface area contributed by atoms with Crippen LogP contribution in [0.1, 0.15) is 12.5 Å². The molecule has 0 saturated carbocycles. The zero-order chi connectivity index (χ0) is 15.2. The van der Waals surface area contributed by atoms with Gasteiger partial charge in [-0.3, -0.25) is 4.98 Å². The Morgan fingerprint density at radius 1 is 1.38 bits per heavy atom. The maximum absolute atomic E-state index is 6.41. The molecule has 0 aliphatic carbocycles. The molecule has 1 N–H and O–H groups in total. The average molecular weight is 304 g/mol. The second-order valence-corrected chi connectivity index (χ2v) is 5.06. The van der Waals surface area contributed by atoms with Gasteiger partial charge >= 0.3 is 0 Å². The van der Waals surface area contributed by atoms with Gasteiger partial charge in [0.05, 0.1) is 28.9 Å². The monoisotopic (exact) mass is 303 g/mol. The standard InChI is InChI=1S/C15H18ClN5/c1-4-21(3)10-19-12-7-11(2)8-13(15(12)16)20-14-9-17-5-6-18-14/h5-10H,4H2,1-3H3,(H,18,20)/b19-10-. The van der Waals surface area contributed by atoms with Crippen LogP contribution in [0.3, 0.4) is 0 Å². The summed E-state index contributed by atoms with van der Waals surface area (Å²) in [5.74, 6) is 0.644. The van der Waals surface area contributed by atoms with E-state index in [1.807, 2.05) is 31.0 Å².